The lowest BCUT2D eigenvalue weighted by molar-refractivity contribution is 0.336. The number of para-hydroxylation sites is 1. The molecule has 0 atom stereocenters. The molecule has 0 aromatic heterocycles. The Hall–Kier alpha value is -1.02. The van der Waals surface area contributed by atoms with Crippen molar-refractivity contribution in [1.29, 1.82) is 0 Å². The fourth-order valence-electron chi connectivity index (χ4n) is 1.53. The molecule has 2 rings (SSSR count). The van der Waals surface area contributed by atoms with Gasteiger partial charge in [-0.25, -0.2) is 0 Å². The summed E-state index contributed by atoms with van der Waals surface area (Å²) >= 11 is 0. The van der Waals surface area contributed by atoms with Crippen LogP contribution in [0.3, 0.4) is 0 Å². The summed E-state index contributed by atoms with van der Waals surface area (Å²) in [5.41, 5.74) is 0.995. The van der Waals surface area contributed by atoms with Gasteiger partial charge in [-0.2, -0.15) is 0 Å². The minimum absolute atomic E-state index is 0.398. The zero-order chi connectivity index (χ0) is 9.10. The van der Waals surface area contributed by atoms with Crippen molar-refractivity contribution in [2.45, 2.75) is 31.8 Å². The highest BCUT2D eigenvalue weighted by atomic mass is 16.3. The van der Waals surface area contributed by atoms with Crippen LogP contribution in [-0.4, -0.2) is 11.1 Å². The highest BCUT2D eigenvalue weighted by Crippen LogP contribution is 2.20. The van der Waals surface area contributed by atoms with Crippen molar-refractivity contribution in [2.24, 2.45) is 0 Å². The van der Waals surface area contributed by atoms with Crippen LogP contribution in [0.15, 0.2) is 24.3 Å². The van der Waals surface area contributed by atoms with Crippen LogP contribution in [0.2, 0.25) is 0 Å². The number of hydrogen-bond acceptors (Lipinski definition) is 2. The quantitative estimate of drug-likeness (QED) is 0.740. The first kappa shape index (κ1) is 8.57. The van der Waals surface area contributed by atoms with Gasteiger partial charge in [0.05, 0.1) is 0 Å². The van der Waals surface area contributed by atoms with Crippen molar-refractivity contribution in [2.75, 3.05) is 0 Å². The lowest BCUT2D eigenvalue weighted by Gasteiger charge is -2.26. The number of rotatable bonds is 3. The Morgan fingerprint density at radius 1 is 1.31 bits per heavy atom. The van der Waals surface area contributed by atoms with Gasteiger partial charge < -0.3 is 10.4 Å². The van der Waals surface area contributed by atoms with Gasteiger partial charge in [0.2, 0.25) is 0 Å². The second kappa shape index (κ2) is 3.79. The number of benzene rings is 1. The van der Waals surface area contributed by atoms with Gasteiger partial charge in [0.1, 0.15) is 5.75 Å². The third kappa shape index (κ3) is 2.01. The van der Waals surface area contributed by atoms with E-state index in [9.17, 15) is 5.11 Å². The Morgan fingerprint density at radius 3 is 2.69 bits per heavy atom. The van der Waals surface area contributed by atoms with Crippen LogP contribution < -0.4 is 5.32 Å². The maximum Gasteiger partial charge on any atom is 0.120 e. The monoisotopic (exact) mass is 177 g/mol. The normalized spacial score (nSPS) is 16.9. The molecule has 1 saturated carbocycles. The van der Waals surface area contributed by atoms with Gasteiger partial charge in [-0.05, 0) is 18.9 Å². The standard InChI is InChI=1S/C11H15NO/c13-11-7-2-1-4-9(11)8-12-10-5-3-6-10/h1-2,4,7,10,12-13H,3,5-6,8H2. The fourth-order valence-corrected chi connectivity index (χ4v) is 1.53. The van der Waals surface area contributed by atoms with Crippen molar-refractivity contribution in [1.82, 2.24) is 5.32 Å². The molecule has 1 fully saturated rings. The number of nitrogens with one attached hydrogen (secondary N) is 1. The molecule has 1 aromatic rings. The Morgan fingerprint density at radius 2 is 2.08 bits per heavy atom. The lowest BCUT2D eigenvalue weighted by Crippen LogP contribution is -2.34. The summed E-state index contributed by atoms with van der Waals surface area (Å²) in [7, 11) is 0. The van der Waals surface area contributed by atoms with E-state index in [0.717, 1.165) is 12.1 Å². The average molecular weight is 177 g/mol. The number of phenols is 1. The van der Waals surface area contributed by atoms with E-state index in [2.05, 4.69) is 5.32 Å². The molecule has 1 aromatic carbocycles. The largest absolute Gasteiger partial charge is 0.508 e. The van der Waals surface area contributed by atoms with Gasteiger partial charge >= 0.3 is 0 Å². The zero-order valence-corrected chi connectivity index (χ0v) is 7.66. The van der Waals surface area contributed by atoms with E-state index in [1.165, 1.54) is 19.3 Å². The molecule has 0 amide bonds. The van der Waals surface area contributed by atoms with Crippen molar-refractivity contribution >= 4 is 0 Å². The summed E-state index contributed by atoms with van der Waals surface area (Å²) in [5.74, 6) is 0.398. The molecule has 0 saturated heterocycles. The molecule has 0 radical (unpaired) electrons. The first-order valence-electron chi connectivity index (χ1n) is 4.86. The molecule has 0 bridgehead atoms. The smallest absolute Gasteiger partial charge is 0.120 e. The topological polar surface area (TPSA) is 32.3 Å². The highest BCUT2D eigenvalue weighted by molar-refractivity contribution is 5.31. The van der Waals surface area contributed by atoms with Gasteiger partial charge in [0.25, 0.3) is 0 Å². The first-order chi connectivity index (χ1) is 6.36. The number of aromatic hydroxyl groups is 1. The summed E-state index contributed by atoms with van der Waals surface area (Å²) in [5, 5.41) is 12.9. The number of phenolic OH excluding ortho intramolecular Hbond substituents is 1. The molecule has 1 aliphatic carbocycles. The second-order valence-electron chi connectivity index (χ2n) is 3.64. The third-order valence-corrected chi connectivity index (χ3v) is 2.68. The van der Waals surface area contributed by atoms with Crippen LogP contribution >= 0.6 is 0 Å². The summed E-state index contributed by atoms with van der Waals surface area (Å²) in [6.45, 7) is 0.789. The second-order valence-corrected chi connectivity index (χ2v) is 3.64. The summed E-state index contributed by atoms with van der Waals surface area (Å²) in [6.07, 6.45) is 3.92. The van der Waals surface area contributed by atoms with Crippen molar-refractivity contribution < 1.29 is 5.11 Å². The summed E-state index contributed by atoms with van der Waals surface area (Å²) < 4.78 is 0. The van der Waals surface area contributed by atoms with Gasteiger partial charge in [0, 0.05) is 18.2 Å². The van der Waals surface area contributed by atoms with Gasteiger partial charge in [-0.15, -0.1) is 0 Å². The molecule has 2 heteroatoms. The van der Waals surface area contributed by atoms with E-state index < -0.39 is 0 Å². The van der Waals surface area contributed by atoms with Gasteiger partial charge in [-0.3, -0.25) is 0 Å². The molecule has 2 N–H and O–H groups in total. The lowest BCUT2D eigenvalue weighted by atomic mass is 9.93. The highest BCUT2D eigenvalue weighted by Gasteiger charge is 2.16. The van der Waals surface area contributed by atoms with E-state index >= 15 is 0 Å². The van der Waals surface area contributed by atoms with E-state index in [1.807, 2.05) is 18.2 Å². The molecule has 13 heavy (non-hydrogen) atoms. The summed E-state index contributed by atoms with van der Waals surface area (Å²) in [4.78, 5) is 0. The predicted octanol–water partition coefficient (Wildman–Crippen LogP) is 2.03. The van der Waals surface area contributed by atoms with E-state index in [-0.39, 0.29) is 0 Å². The average Bonchev–Trinajstić information content (AvgIpc) is 2.05. The molecule has 70 valence electrons. The van der Waals surface area contributed by atoms with Crippen LogP contribution in [0.25, 0.3) is 0 Å². The van der Waals surface area contributed by atoms with Gasteiger partial charge in [-0.1, -0.05) is 24.6 Å². The van der Waals surface area contributed by atoms with Crippen molar-refractivity contribution in [3.63, 3.8) is 0 Å². The molecular formula is C11H15NO. The van der Waals surface area contributed by atoms with Crippen molar-refractivity contribution in [3.05, 3.63) is 29.8 Å². The molecule has 0 aliphatic heterocycles. The summed E-state index contributed by atoms with van der Waals surface area (Å²) in [6, 6.07) is 8.18. The molecule has 2 nitrogen and oxygen atoms in total. The minimum atomic E-state index is 0.398. The van der Waals surface area contributed by atoms with Crippen molar-refractivity contribution in [3.8, 4) is 5.75 Å². The SMILES string of the molecule is Oc1ccccc1CNC1CCC1. The van der Waals surface area contributed by atoms with E-state index in [1.54, 1.807) is 6.07 Å². The zero-order valence-electron chi connectivity index (χ0n) is 7.66. The minimum Gasteiger partial charge on any atom is -0.508 e. The van der Waals surface area contributed by atoms with Crippen LogP contribution in [0.1, 0.15) is 24.8 Å². The van der Waals surface area contributed by atoms with E-state index in [0.29, 0.717) is 11.8 Å². The first-order valence-corrected chi connectivity index (χ1v) is 4.86. The molecule has 0 unspecified atom stereocenters. The van der Waals surface area contributed by atoms with E-state index in [4.69, 9.17) is 0 Å². The third-order valence-electron chi connectivity index (χ3n) is 2.68. The predicted molar refractivity (Wildman–Crippen MR) is 52.6 cm³/mol. The Kier molecular flexibility index (Phi) is 2.50. The Balaban J connectivity index is 1.89. The Labute approximate surface area is 78.6 Å². The molecule has 0 heterocycles. The fraction of sp³-hybridized carbons (Fsp3) is 0.455. The maximum absolute atomic E-state index is 9.47. The molecular weight excluding hydrogens is 162 g/mol. The number of hydrogen-bond donors (Lipinski definition) is 2. The molecule has 0 spiro atoms. The maximum atomic E-state index is 9.47. The van der Waals surface area contributed by atoms with Crippen LogP contribution in [0.5, 0.6) is 5.75 Å². The van der Waals surface area contributed by atoms with Crippen LogP contribution in [0.4, 0.5) is 0 Å². The van der Waals surface area contributed by atoms with Gasteiger partial charge in [0.15, 0.2) is 0 Å². The van der Waals surface area contributed by atoms with Crippen LogP contribution in [-0.2, 0) is 6.54 Å². The van der Waals surface area contributed by atoms with Crippen LogP contribution in [0, 0.1) is 0 Å². The Bertz CT molecular complexity index is 281. The molecule has 1 aliphatic rings.